The van der Waals surface area contributed by atoms with Gasteiger partial charge in [-0.15, -0.1) is 0 Å². The summed E-state index contributed by atoms with van der Waals surface area (Å²) in [5.74, 6) is 0.247. The number of methoxy groups -OCH3 is 2. The molecule has 3 aromatic carbocycles. The summed E-state index contributed by atoms with van der Waals surface area (Å²) >= 11 is 0. The molecule has 1 N–H and O–H groups in total. The molecule has 0 radical (unpaired) electrons. The van der Waals surface area contributed by atoms with E-state index in [0.29, 0.717) is 40.1 Å². The van der Waals surface area contributed by atoms with Crippen molar-refractivity contribution in [1.82, 2.24) is 4.90 Å². The highest BCUT2D eigenvalue weighted by atomic mass is 16.5. The third-order valence-electron chi connectivity index (χ3n) is 5.65. The summed E-state index contributed by atoms with van der Waals surface area (Å²) in [6.07, 6.45) is 0.518. The van der Waals surface area contributed by atoms with Crippen LogP contribution in [0.1, 0.15) is 39.1 Å². The third-order valence-corrected chi connectivity index (χ3v) is 5.65. The molecule has 0 fully saturated rings. The van der Waals surface area contributed by atoms with E-state index >= 15 is 0 Å². The minimum atomic E-state index is -0.324. The standard InChI is InChI=1S/C25H24N2O5/c1-15-13-20(31-2)21(32-3)14-19(15)26-22(28)11-6-12-27-24(29)17-9-4-7-16-8-5-10-18(23(16)17)25(27)30/h4-5,7-10,13-14H,6,11-12H2,1-3H3,(H,26,28). The number of nitrogens with zero attached hydrogens (tertiary/aromatic N) is 1. The first-order valence-electron chi connectivity index (χ1n) is 10.3. The van der Waals surface area contributed by atoms with Gasteiger partial charge in [0, 0.05) is 41.2 Å². The molecule has 0 bridgehead atoms. The highest BCUT2D eigenvalue weighted by molar-refractivity contribution is 6.25. The zero-order valence-corrected chi connectivity index (χ0v) is 18.2. The number of amides is 3. The Balaban J connectivity index is 1.42. The number of aryl methyl sites for hydroxylation is 1. The quantitative estimate of drug-likeness (QED) is 0.566. The van der Waals surface area contributed by atoms with Crippen molar-refractivity contribution in [2.75, 3.05) is 26.1 Å². The van der Waals surface area contributed by atoms with Gasteiger partial charge in [-0.1, -0.05) is 24.3 Å². The van der Waals surface area contributed by atoms with Gasteiger partial charge in [-0.2, -0.15) is 0 Å². The fourth-order valence-electron chi connectivity index (χ4n) is 4.01. The van der Waals surface area contributed by atoms with Gasteiger partial charge in [0.25, 0.3) is 11.8 Å². The lowest BCUT2D eigenvalue weighted by Gasteiger charge is -2.27. The smallest absolute Gasteiger partial charge is 0.261 e. The summed E-state index contributed by atoms with van der Waals surface area (Å²) in [4.78, 5) is 39.6. The van der Waals surface area contributed by atoms with Crippen LogP contribution in [0.2, 0.25) is 0 Å². The summed E-state index contributed by atoms with van der Waals surface area (Å²) in [7, 11) is 3.08. The van der Waals surface area contributed by atoms with Crippen molar-refractivity contribution in [1.29, 1.82) is 0 Å². The van der Waals surface area contributed by atoms with E-state index in [1.807, 2.05) is 31.2 Å². The van der Waals surface area contributed by atoms with Crippen LogP contribution in [-0.4, -0.2) is 43.4 Å². The fraction of sp³-hybridized carbons (Fsp3) is 0.240. The molecule has 3 aromatic rings. The van der Waals surface area contributed by atoms with Gasteiger partial charge in [0.05, 0.1) is 14.2 Å². The Morgan fingerprint density at radius 3 is 2.12 bits per heavy atom. The van der Waals surface area contributed by atoms with Crippen molar-refractivity contribution < 1.29 is 23.9 Å². The van der Waals surface area contributed by atoms with Crippen LogP contribution in [-0.2, 0) is 4.79 Å². The van der Waals surface area contributed by atoms with Crippen molar-refractivity contribution >= 4 is 34.2 Å². The van der Waals surface area contributed by atoms with Gasteiger partial charge in [-0.25, -0.2) is 0 Å². The van der Waals surface area contributed by atoms with Crippen LogP contribution in [0.3, 0.4) is 0 Å². The summed E-state index contributed by atoms with van der Waals surface area (Å²) in [6, 6.07) is 14.4. The lowest BCUT2D eigenvalue weighted by molar-refractivity contribution is -0.116. The van der Waals surface area contributed by atoms with E-state index in [0.717, 1.165) is 10.9 Å². The normalized spacial score (nSPS) is 12.8. The van der Waals surface area contributed by atoms with E-state index in [4.69, 9.17) is 9.47 Å². The second-order valence-electron chi connectivity index (χ2n) is 7.65. The lowest BCUT2D eigenvalue weighted by atomic mass is 9.94. The summed E-state index contributed by atoms with van der Waals surface area (Å²) in [6.45, 7) is 2.03. The maximum absolute atomic E-state index is 12.9. The van der Waals surface area contributed by atoms with Gasteiger partial charge in [-0.05, 0) is 42.5 Å². The Kier molecular flexibility index (Phi) is 5.81. The zero-order valence-electron chi connectivity index (χ0n) is 18.2. The summed E-state index contributed by atoms with van der Waals surface area (Å²) in [5, 5.41) is 4.43. The minimum Gasteiger partial charge on any atom is -0.493 e. The molecule has 0 atom stereocenters. The molecule has 0 spiro atoms. The van der Waals surface area contributed by atoms with Gasteiger partial charge in [0.2, 0.25) is 5.91 Å². The molecule has 3 amide bonds. The predicted molar refractivity (Wildman–Crippen MR) is 121 cm³/mol. The van der Waals surface area contributed by atoms with Crippen LogP contribution in [0.4, 0.5) is 5.69 Å². The number of rotatable bonds is 7. The summed E-state index contributed by atoms with van der Waals surface area (Å²) in [5.41, 5.74) is 2.49. The molecular formula is C25H24N2O5. The molecular weight excluding hydrogens is 408 g/mol. The highest BCUT2D eigenvalue weighted by Gasteiger charge is 2.32. The van der Waals surface area contributed by atoms with Crippen LogP contribution in [0, 0.1) is 6.92 Å². The second-order valence-corrected chi connectivity index (χ2v) is 7.65. The van der Waals surface area contributed by atoms with Gasteiger partial charge in [-0.3, -0.25) is 19.3 Å². The number of ether oxygens (including phenoxy) is 2. The molecule has 7 heteroatoms. The van der Waals surface area contributed by atoms with Crippen LogP contribution in [0.25, 0.3) is 10.8 Å². The van der Waals surface area contributed by atoms with E-state index in [1.54, 1.807) is 31.4 Å². The van der Waals surface area contributed by atoms with Gasteiger partial charge >= 0.3 is 0 Å². The molecule has 1 aliphatic rings. The molecule has 0 unspecified atom stereocenters. The van der Waals surface area contributed by atoms with Crippen molar-refractivity contribution in [2.24, 2.45) is 0 Å². The number of nitrogens with one attached hydrogen (secondary N) is 1. The van der Waals surface area contributed by atoms with Crippen LogP contribution in [0.5, 0.6) is 11.5 Å². The highest BCUT2D eigenvalue weighted by Crippen LogP contribution is 2.33. The maximum atomic E-state index is 12.9. The van der Waals surface area contributed by atoms with E-state index in [1.165, 1.54) is 12.0 Å². The van der Waals surface area contributed by atoms with Crippen LogP contribution in [0.15, 0.2) is 48.5 Å². The first-order valence-corrected chi connectivity index (χ1v) is 10.3. The molecule has 0 saturated heterocycles. The first-order chi connectivity index (χ1) is 15.4. The van der Waals surface area contributed by atoms with E-state index < -0.39 is 0 Å². The largest absolute Gasteiger partial charge is 0.493 e. The van der Waals surface area contributed by atoms with Crippen LogP contribution >= 0.6 is 0 Å². The van der Waals surface area contributed by atoms with Crippen molar-refractivity contribution in [2.45, 2.75) is 19.8 Å². The van der Waals surface area contributed by atoms with Gasteiger partial charge < -0.3 is 14.8 Å². The van der Waals surface area contributed by atoms with Gasteiger partial charge in [0.15, 0.2) is 11.5 Å². The topological polar surface area (TPSA) is 84.9 Å². The molecule has 7 nitrogen and oxygen atoms in total. The number of benzene rings is 3. The minimum absolute atomic E-state index is 0.163. The van der Waals surface area contributed by atoms with Crippen molar-refractivity contribution in [3.63, 3.8) is 0 Å². The Labute approximate surface area is 185 Å². The number of imide groups is 1. The summed E-state index contributed by atoms with van der Waals surface area (Å²) < 4.78 is 10.6. The Morgan fingerprint density at radius 2 is 1.53 bits per heavy atom. The molecule has 4 rings (SSSR count). The SMILES string of the molecule is COc1cc(C)c(NC(=O)CCCN2C(=O)c3cccc4cccc(c34)C2=O)cc1OC. The zero-order chi connectivity index (χ0) is 22.8. The molecule has 0 saturated carbocycles. The third kappa shape index (κ3) is 3.77. The lowest BCUT2D eigenvalue weighted by Crippen LogP contribution is -2.41. The Morgan fingerprint density at radius 1 is 0.938 bits per heavy atom. The molecule has 0 aromatic heterocycles. The molecule has 1 aliphatic heterocycles. The first kappa shape index (κ1) is 21.4. The predicted octanol–water partition coefficient (Wildman–Crippen LogP) is 4.18. The van der Waals surface area contributed by atoms with Crippen molar-refractivity contribution in [3.8, 4) is 11.5 Å². The molecule has 164 valence electrons. The fourth-order valence-corrected chi connectivity index (χ4v) is 4.01. The van der Waals surface area contributed by atoms with E-state index in [-0.39, 0.29) is 30.7 Å². The number of carbonyl (C=O) groups is 3. The maximum Gasteiger partial charge on any atom is 0.261 e. The molecule has 0 aliphatic carbocycles. The monoisotopic (exact) mass is 432 g/mol. The van der Waals surface area contributed by atoms with E-state index in [2.05, 4.69) is 5.32 Å². The van der Waals surface area contributed by atoms with E-state index in [9.17, 15) is 14.4 Å². The van der Waals surface area contributed by atoms with Gasteiger partial charge in [0.1, 0.15) is 0 Å². The second kappa shape index (κ2) is 8.70. The number of hydrogen-bond donors (Lipinski definition) is 1. The molecule has 32 heavy (non-hydrogen) atoms. The Hall–Kier alpha value is -3.87. The van der Waals surface area contributed by atoms with Crippen molar-refractivity contribution in [3.05, 3.63) is 65.2 Å². The number of anilines is 1. The average Bonchev–Trinajstić information content (AvgIpc) is 2.80. The Bertz CT molecular complexity index is 1180. The average molecular weight is 432 g/mol. The number of carbonyl (C=O) groups excluding carboxylic acids is 3. The van der Waals surface area contributed by atoms with Crippen LogP contribution < -0.4 is 14.8 Å². The number of hydrogen-bond acceptors (Lipinski definition) is 5. The molecule has 1 heterocycles.